The van der Waals surface area contributed by atoms with E-state index in [1.807, 2.05) is 55.1 Å². The first-order valence-corrected chi connectivity index (χ1v) is 15.4. The van der Waals surface area contributed by atoms with Gasteiger partial charge in [0.1, 0.15) is 5.82 Å². The number of rotatable bonds is 7. The van der Waals surface area contributed by atoms with Gasteiger partial charge >= 0.3 is 5.97 Å². The van der Waals surface area contributed by atoms with E-state index in [0.29, 0.717) is 17.3 Å². The summed E-state index contributed by atoms with van der Waals surface area (Å²) in [5, 5.41) is 13.8. The fraction of sp³-hybridized carbons (Fsp3) is 0.343. The van der Waals surface area contributed by atoms with Crippen LogP contribution in [0.15, 0.2) is 60.4 Å². The van der Waals surface area contributed by atoms with Crippen LogP contribution in [0.25, 0.3) is 39.5 Å². The SMILES string of the molecule is C/C(=C\c1ccc2nc(C3(NC(=O)c4ccc5c(C6CCCC6)c(-c6ncccn6)n(C)c5c4)CCC3)n(C)c2c1)C(=O)O. The molecule has 2 aliphatic rings. The Hall–Kier alpha value is -4.79. The summed E-state index contributed by atoms with van der Waals surface area (Å²) in [7, 11) is 4.00. The first kappa shape index (κ1) is 28.0. The largest absolute Gasteiger partial charge is 0.478 e. The molecular formula is C35H36N6O3. The van der Waals surface area contributed by atoms with Gasteiger partial charge in [-0.1, -0.05) is 25.0 Å². The molecule has 2 N–H and O–H groups in total. The molecule has 0 spiro atoms. The number of carbonyl (C=O) groups excluding carboxylic acids is 1. The van der Waals surface area contributed by atoms with Gasteiger partial charge in [0, 0.05) is 48.5 Å². The molecule has 3 aromatic heterocycles. The second-order valence-electron chi connectivity index (χ2n) is 12.4. The fourth-order valence-electron chi connectivity index (χ4n) is 7.19. The first-order chi connectivity index (χ1) is 21.3. The third-order valence-corrected chi connectivity index (χ3v) is 9.66. The predicted octanol–water partition coefficient (Wildman–Crippen LogP) is 6.48. The summed E-state index contributed by atoms with van der Waals surface area (Å²) in [4.78, 5) is 39.4. The molecule has 0 aliphatic heterocycles. The van der Waals surface area contributed by atoms with Gasteiger partial charge in [-0.15, -0.1) is 0 Å². The molecule has 0 radical (unpaired) electrons. The van der Waals surface area contributed by atoms with E-state index in [9.17, 15) is 14.7 Å². The van der Waals surface area contributed by atoms with Crippen molar-refractivity contribution < 1.29 is 14.7 Å². The lowest BCUT2D eigenvalue weighted by Gasteiger charge is -2.41. The van der Waals surface area contributed by atoms with E-state index in [2.05, 4.69) is 25.9 Å². The first-order valence-electron chi connectivity index (χ1n) is 15.4. The molecule has 0 unspecified atom stereocenters. The van der Waals surface area contributed by atoms with E-state index in [4.69, 9.17) is 4.98 Å². The lowest BCUT2D eigenvalue weighted by Crippen LogP contribution is -2.52. The fourth-order valence-corrected chi connectivity index (χ4v) is 7.19. The molecule has 0 saturated heterocycles. The molecule has 44 heavy (non-hydrogen) atoms. The number of amides is 1. The molecule has 2 aromatic carbocycles. The van der Waals surface area contributed by atoms with E-state index in [1.54, 1.807) is 25.4 Å². The van der Waals surface area contributed by atoms with Gasteiger partial charge in [0.25, 0.3) is 5.91 Å². The van der Waals surface area contributed by atoms with Gasteiger partial charge in [-0.3, -0.25) is 4.79 Å². The molecule has 9 heteroatoms. The number of aliphatic carboxylic acids is 1. The molecule has 5 aromatic rings. The summed E-state index contributed by atoms with van der Waals surface area (Å²) in [6.45, 7) is 1.58. The second kappa shape index (κ2) is 10.7. The second-order valence-corrected chi connectivity index (χ2v) is 12.4. The predicted molar refractivity (Wildman–Crippen MR) is 170 cm³/mol. The number of nitrogens with one attached hydrogen (secondary N) is 1. The lowest BCUT2D eigenvalue weighted by atomic mass is 9.75. The number of carboxylic acids is 1. The maximum absolute atomic E-state index is 13.9. The molecule has 224 valence electrons. The van der Waals surface area contributed by atoms with Crippen molar-refractivity contribution in [2.75, 3.05) is 0 Å². The maximum atomic E-state index is 13.9. The molecular weight excluding hydrogens is 552 g/mol. The van der Waals surface area contributed by atoms with Crippen LogP contribution in [-0.4, -0.2) is 41.1 Å². The molecule has 2 fully saturated rings. The molecule has 3 heterocycles. The van der Waals surface area contributed by atoms with Crippen molar-refractivity contribution in [2.24, 2.45) is 14.1 Å². The van der Waals surface area contributed by atoms with E-state index in [1.165, 1.54) is 18.4 Å². The number of benzene rings is 2. The van der Waals surface area contributed by atoms with E-state index in [0.717, 1.165) is 71.1 Å². The Bertz CT molecular complexity index is 1960. The Balaban J connectivity index is 1.24. The zero-order valence-electron chi connectivity index (χ0n) is 25.3. The quantitative estimate of drug-likeness (QED) is 0.211. The van der Waals surface area contributed by atoms with Gasteiger partial charge in [-0.25, -0.2) is 19.7 Å². The summed E-state index contributed by atoms with van der Waals surface area (Å²) < 4.78 is 4.18. The van der Waals surface area contributed by atoms with Gasteiger partial charge in [0.05, 0.1) is 22.3 Å². The number of nitrogens with zero attached hydrogens (tertiary/aromatic N) is 5. The smallest absolute Gasteiger partial charge is 0.331 e. The molecule has 7 rings (SSSR count). The number of carboxylic acid groups (broad SMARTS) is 1. The van der Waals surface area contributed by atoms with Crippen molar-refractivity contribution in [1.29, 1.82) is 0 Å². The Morgan fingerprint density at radius 1 is 0.977 bits per heavy atom. The van der Waals surface area contributed by atoms with Crippen molar-refractivity contribution >= 4 is 39.9 Å². The van der Waals surface area contributed by atoms with Crippen molar-refractivity contribution in [3.8, 4) is 11.5 Å². The summed E-state index contributed by atoms with van der Waals surface area (Å²) in [5.74, 6) is 0.915. The Morgan fingerprint density at radius 2 is 1.73 bits per heavy atom. The molecule has 0 atom stereocenters. The third kappa shape index (κ3) is 4.58. The monoisotopic (exact) mass is 588 g/mol. The number of fused-ring (bicyclic) bond motifs is 2. The summed E-state index contributed by atoms with van der Waals surface area (Å²) in [5.41, 5.74) is 6.15. The van der Waals surface area contributed by atoms with Gasteiger partial charge in [-0.05, 0) is 92.5 Å². The maximum Gasteiger partial charge on any atom is 0.331 e. The van der Waals surface area contributed by atoms with Crippen LogP contribution < -0.4 is 5.32 Å². The highest BCUT2D eigenvalue weighted by atomic mass is 16.4. The molecule has 2 aliphatic carbocycles. The highest BCUT2D eigenvalue weighted by molar-refractivity contribution is 6.01. The highest BCUT2D eigenvalue weighted by Crippen LogP contribution is 2.45. The minimum atomic E-state index is -0.945. The molecule has 9 nitrogen and oxygen atoms in total. The number of imidazole rings is 1. The summed E-state index contributed by atoms with van der Waals surface area (Å²) in [6.07, 6.45) is 12.6. The minimum absolute atomic E-state index is 0.125. The van der Waals surface area contributed by atoms with E-state index in [-0.39, 0.29) is 11.5 Å². The number of aromatic nitrogens is 5. The van der Waals surface area contributed by atoms with Crippen LogP contribution in [0.1, 0.15) is 85.1 Å². The Morgan fingerprint density at radius 3 is 2.41 bits per heavy atom. The summed E-state index contributed by atoms with van der Waals surface area (Å²) >= 11 is 0. The van der Waals surface area contributed by atoms with Crippen molar-refractivity contribution in [3.05, 3.63) is 82.9 Å². The number of hydrogen-bond acceptors (Lipinski definition) is 5. The Labute approximate surface area is 255 Å². The number of aryl methyl sites for hydroxylation is 2. The van der Waals surface area contributed by atoms with Crippen molar-refractivity contribution in [3.63, 3.8) is 0 Å². The van der Waals surface area contributed by atoms with Crippen molar-refractivity contribution in [1.82, 2.24) is 29.4 Å². The summed E-state index contributed by atoms with van der Waals surface area (Å²) in [6, 6.07) is 13.6. The lowest BCUT2D eigenvalue weighted by molar-refractivity contribution is -0.132. The zero-order valence-corrected chi connectivity index (χ0v) is 25.3. The van der Waals surface area contributed by atoms with Gasteiger partial charge < -0.3 is 19.6 Å². The molecule has 1 amide bonds. The minimum Gasteiger partial charge on any atom is -0.478 e. The number of hydrogen-bond donors (Lipinski definition) is 2. The highest BCUT2D eigenvalue weighted by Gasteiger charge is 2.44. The molecule has 2 saturated carbocycles. The van der Waals surface area contributed by atoms with Crippen LogP contribution in [0.3, 0.4) is 0 Å². The average Bonchev–Trinajstić information content (AvgIpc) is 3.72. The van der Waals surface area contributed by atoms with Gasteiger partial charge in [0.2, 0.25) is 0 Å². The molecule has 0 bridgehead atoms. The van der Waals surface area contributed by atoms with Crippen LogP contribution in [0.5, 0.6) is 0 Å². The zero-order chi connectivity index (χ0) is 30.6. The van der Waals surface area contributed by atoms with Gasteiger partial charge in [0.15, 0.2) is 5.82 Å². The van der Waals surface area contributed by atoms with Crippen molar-refractivity contribution in [2.45, 2.75) is 63.3 Å². The third-order valence-electron chi connectivity index (χ3n) is 9.66. The standard InChI is InChI=1S/C35H36N6O3/c1-21(33(43)44)18-22-10-13-26-28(19-22)41(3)34(38-26)35(14-6-15-35)39-32(42)24-11-12-25-27(20-24)40(2)30(31-36-16-7-17-37-31)29(25)23-8-4-5-9-23/h7,10-13,16-20,23H,4-6,8-9,14-15H2,1-3H3,(H,39,42)(H,43,44)/b21-18+. The van der Waals surface area contributed by atoms with Crippen LogP contribution in [0.4, 0.5) is 0 Å². The topological polar surface area (TPSA) is 115 Å². The van der Waals surface area contributed by atoms with Crippen LogP contribution in [0, 0.1) is 0 Å². The van der Waals surface area contributed by atoms with E-state index < -0.39 is 11.5 Å². The average molecular weight is 589 g/mol. The van der Waals surface area contributed by atoms with Crippen LogP contribution in [0.2, 0.25) is 0 Å². The van der Waals surface area contributed by atoms with E-state index >= 15 is 0 Å². The normalized spacial score (nSPS) is 16.8. The van der Waals surface area contributed by atoms with Crippen LogP contribution in [-0.2, 0) is 24.4 Å². The Kier molecular flexibility index (Phi) is 6.83. The number of carbonyl (C=O) groups is 2. The van der Waals surface area contributed by atoms with Gasteiger partial charge in [-0.2, -0.15) is 0 Å². The van der Waals surface area contributed by atoms with Crippen LogP contribution >= 0.6 is 0 Å².